The number of hydrazine groups is 1. The third-order valence-electron chi connectivity index (χ3n) is 6.88. The number of hydrogen-bond acceptors (Lipinski definition) is 6. The van der Waals surface area contributed by atoms with E-state index in [9.17, 15) is 24.4 Å². The van der Waals surface area contributed by atoms with E-state index in [1.807, 2.05) is 51.2 Å². The van der Waals surface area contributed by atoms with Crippen molar-refractivity contribution in [3.63, 3.8) is 0 Å². The Morgan fingerprint density at radius 3 is 2.40 bits per heavy atom. The zero-order chi connectivity index (χ0) is 25.6. The van der Waals surface area contributed by atoms with Crippen molar-refractivity contribution in [3.8, 4) is 0 Å². The highest BCUT2D eigenvalue weighted by molar-refractivity contribution is 6.08. The van der Waals surface area contributed by atoms with Crippen molar-refractivity contribution in [2.24, 2.45) is 5.92 Å². The fraction of sp³-hybridized carbons (Fsp3) is 0.600. The molecule has 192 valence electrons. The van der Waals surface area contributed by atoms with E-state index in [1.54, 1.807) is 5.48 Å². The molecule has 0 bridgehead atoms. The van der Waals surface area contributed by atoms with Crippen LogP contribution in [-0.4, -0.2) is 75.6 Å². The molecule has 3 N–H and O–H groups in total. The lowest BCUT2D eigenvalue weighted by molar-refractivity contribution is -0.167. The summed E-state index contributed by atoms with van der Waals surface area (Å²) < 4.78 is 0. The third-order valence-corrected chi connectivity index (χ3v) is 6.88. The maximum atomic E-state index is 13.6. The number of nitrogens with one attached hydrogen (secondary N) is 2. The van der Waals surface area contributed by atoms with Crippen molar-refractivity contribution in [1.82, 2.24) is 25.7 Å². The lowest BCUT2D eigenvalue weighted by atomic mass is 9.88. The number of carbonyl (C=O) groups excluding carboxylic acids is 4. The summed E-state index contributed by atoms with van der Waals surface area (Å²) in [5.41, 5.74) is 1.61. The first-order valence-electron chi connectivity index (χ1n) is 12.3. The van der Waals surface area contributed by atoms with E-state index in [1.165, 1.54) is 0 Å². The predicted octanol–water partition coefficient (Wildman–Crippen LogP) is 2.08. The standard InChI is InChI=1S/C25H37N5O5/c1-18(2)12-13-21(31)29(20(22(32)27-35)11-7-10-19-8-5-4-6-9-19)30-23(33)25(26-24(30)34)14-16-28(3)17-15-25/h4-6,8-9,18,20,35H,7,10-17H2,1-3H3,(H,26,34)(H,27,32)/t20-/m0/s1. The molecule has 10 heteroatoms. The van der Waals surface area contributed by atoms with Gasteiger partial charge < -0.3 is 10.2 Å². The van der Waals surface area contributed by atoms with Crippen molar-refractivity contribution in [1.29, 1.82) is 0 Å². The SMILES string of the molecule is CC(C)CCC(=O)N([C@@H](CCCc1ccccc1)C(=O)NO)N1C(=O)NC2(CCN(C)CC2)C1=O. The molecular weight excluding hydrogens is 450 g/mol. The van der Waals surface area contributed by atoms with E-state index < -0.39 is 35.3 Å². The van der Waals surface area contributed by atoms with Crippen LogP contribution in [0.3, 0.4) is 0 Å². The van der Waals surface area contributed by atoms with Gasteiger partial charge in [0, 0.05) is 19.5 Å². The summed E-state index contributed by atoms with van der Waals surface area (Å²) in [7, 11) is 1.95. The van der Waals surface area contributed by atoms with Gasteiger partial charge in [0.15, 0.2) is 0 Å². The first-order chi connectivity index (χ1) is 16.7. The molecule has 0 aromatic heterocycles. The molecule has 35 heavy (non-hydrogen) atoms. The molecule has 1 aromatic carbocycles. The Bertz CT molecular complexity index is 914. The van der Waals surface area contributed by atoms with Crippen LogP contribution in [0.5, 0.6) is 0 Å². The number of nitrogens with zero attached hydrogens (tertiary/aromatic N) is 3. The zero-order valence-corrected chi connectivity index (χ0v) is 20.8. The quantitative estimate of drug-likeness (QED) is 0.264. The summed E-state index contributed by atoms with van der Waals surface area (Å²) in [6.07, 6.45) is 2.76. The number of piperidine rings is 1. The highest BCUT2D eigenvalue weighted by Crippen LogP contribution is 2.31. The van der Waals surface area contributed by atoms with Gasteiger partial charge in [0.05, 0.1) is 0 Å². The third kappa shape index (κ3) is 6.18. The fourth-order valence-electron chi connectivity index (χ4n) is 4.68. The molecule has 0 radical (unpaired) electrons. The summed E-state index contributed by atoms with van der Waals surface area (Å²) in [5.74, 6) is -1.64. The number of urea groups is 1. The fourth-order valence-corrected chi connectivity index (χ4v) is 4.68. The van der Waals surface area contributed by atoms with Crippen molar-refractivity contribution in [2.45, 2.75) is 70.4 Å². The van der Waals surface area contributed by atoms with Crippen LogP contribution < -0.4 is 10.8 Å². The normalized spacial score (nSPS) is 18.6. The maximum Gasteiger partial charge on any atom is 0.344 e. The Labute approximate surface area is 206 Å². The summed E-state index contributed by atoms with van der Waals surface area (Å²) in [6, 6.07) is 7.77. The molecule has 1 aromatic rings. The number of benzene rings is 1. The Hall–Kier alpha value is -2.98. The van der Waals surface area contributed by atoms with Gasteiger partial charge in [0.2, 0.25) is 5.91 Å². The van der Waals surface area contributed by atoms with Gasteiger partial charge in [-0.15, -0.1) is 0 Å². The number of rotatable bonds is 10. The second-order valence-electron chi connectivity index (χ2n) is 9.97. The largest absolute Gasteiger partial charge is 0.344 e. The van der Waals surface area contributed by atoms with Gasteiger partial charge in [-0.2, -0.15) is 5.01 Å². The minimum atomic E-state index is -1.21. The highest BCUT2D eigenvalue weighted by atomic mass is 16.5. The lowest BCUT2D eigenvalue weighted by Crippen LogP contribution is -2.60. The highest BCUT2D eigenvalue weighted by Gasteiger charge is 2.56. The van der Waals surface area contributed by atoms with Gasteiger partial charge in [-0.3, -0.25) is 19.6 Å². The minimum Gasteiger partial charge on any atom is -0.321 e. The molecule has 5 amide bonds. The molecule has 1 atom stereocenters. The number of carbonyl (C=O) groups is 4. The average Bonchev–Trinajstić information content (AvgIpc) is 3.08. The van der Waals surface area contributed by atoms with Gasteiger partial charge in [0.1, 0.15) is 11.6 Å². The van der Waals surface area contributed by atoms with Gasteiger partial charge >= 0.3 is 6.03 Å². The number of hydroxylamine groups is 1. The lowest BCUT2D eigenvalue weighted by Gasteiger charge is -2.38. The Balaban J connectivity index is 1.88. The Morgan fingerprint density at radius 2 is 1.80 bits per heavy atom. The van der Waals surface area contributed by atoms with E-state index >= 15 is 0 Å². The minimum absolute atomic E-state index is 0.0678. The van der Waals surface area contributed by atoms with Crippen molar-refractivity contribution in [3.05, 3.63) is 35.9 Å². The summed E-state index contributed by atoms with van der Waals surface area (Å²) >= 11 is 0. The predicted molar refractivity (Wildman–Crippen MR) is 129 cm³/mol. The molecule has 2 saturated heterocycles. The van der Waals surface area contributed by atoms with E-state index in [2.05, 4.69) is 10.2 Å². The van der Waals surface area contributed by atoms with Crippen LogP contribution in [0.1, 0.15) is 57.9 Å². The van der Waals surface area contributed by atoms with Crippen molar-refractivity contribution in [2.75, 3.05) is 20.1 Å². The maximum absolute atomic E-state index is 13.6. The molecule has 3 rings (SSSR count). The molecule has 0 saturated carbocycles. The molecule has 2 heterocycles. The molecule has 2 aliphatic heterocycles. The molecule has 0 unspecified atom stereocenters. The summed E-state index contributed by atoms with van der Waals surface area (Å²) in [6.45, 7) is 5.19. The Morgan fingerprint density at radius 1 is 1.14 bits per heavy atom. The van der Waals surface area contributed by atoms with E-state index in [4.69, 9.17) is 0 Å². The van der Waals surface area contributed by atoms with Crippen LogP contribution in [0.25, 0.3) is 0 Å². The van der Waals surface area contributed by atoms with Gasteiger partial charge in [-0.25, -0.2) is 15.3 Å². The van der Waals surface area contributed by atoms with E-state index in [0.29, 0.717) is 45.2 Å². The number of amides is 5. The smallest absolute Gasteiger partial charge is 0.321 e. The molecule has 1 spiro atoms. The average molecular weight is 488 g/mol. The van der Waals surface area contributed by atoms with Gasteiger partial charge in [0.25, 0.3) is 11.8 Å². The van der Waals surface area contributed by atoms with Gasteiger partial charge in [-0.05, 0) is 57.1 Å². The van der Waals surface area contributed by atoms with E-state index in [0.717, 1.165) is 15.6 Å². The van der Waals surface area contributed by atoms with Crippen LogP contribution in [0.2, 0.25) is 0 Å². The molecular formula is C25H37N5O5. The monoisotopic (exact) mass is 487 g/mol. The second kappa shape index (κ2) is 11.6. The number of likely N-dealkylation sites (tertiary alicyclic amines) is 1. The topological polar surface area (TPSA) is 122 Å². The first kappa shape index (κ1) is 26.6. The molecule has 10 nitrogen and oxygen atoms in total. The number of imide groups is 1. The second-order valence-corrected chi connectivity index (χ2v) is 9.97. The van der Waals surface area contributed by atoms with Crippen LogP contribution >= 0.6 is 0 Å². The van der Waals surface area contributed by atoms with Crippen LogP contribution in [0.4, 0.5) is 4.79 Å². The zero-order valence-electron chi connectivity index (χ0n) is 20.8. The number of hydrogen-bond donors (Lipinski definition) is 3. The van der Waals surface area contributed by atoms with Crippen LogP contribution in [-0.2, 0) is 20.8 Å². The Kier molecular flexibility index (Phi) is 8.85. The van der Waals surface area contributed by atoms with E-state index in [-0.39, 0.29) is 18.8 Å². The summed E-state index contributed by atoms with van der Waals surface area (Å²) in [4.78, 5) is 55.0. The summed E-state index contributed by atoms with van der Waals surface area (Å²) in [5, 5.41) is 14.1. The van der Waals surface area contributed by atoms with Gasteiger partial charge in [-0.1, -0.05) is 44.2 Å². The van der Waals surface area contributed by atoms with Crippen molar-refractivity contribution >= 4 is 23.8 Å². The van der Waals surface area contributed by atoms with Crippen LogP contribution in [0, 0.1) is 5.92 Å². The molecule has 2 aliphatic rings. The van der Waals surface area contributed by atoms with Crippen molar-refractivity contribution < 1.29 is 24.4 Å². The van der Waals surface area contributed by atoms with Crippen LogP contribution in [0.15, 0.2) is 30.3 Å². The first-order valence-corrected chi connectivity index (χ1v) is 12.3. The molecule has 0 aliphatic carbocycles. The molecule has 2 fully saturated rings. The number of aryl methyl sites for hydroxylation is 1.